The molecule has 1 aliphatic rings. The number of methoxy groups -OCH3 is 2. The molecule has 0 bridgehead atoms. The Hall–Kier alpha value is -2.78. The molecule has 2 aromatic heterocycles. The van der Waals surface area contributed by atoms with E-state index in [2.05, 4.69) is 15.2 Å². The van der Waals surface area contributed by atoms with E-state index < -0.39 is 0 Å². The molecule has 3 heterocycles. The Labute approximate surface area is 189 Å². The number of ether oxygens (including phenoxy) is 2. The van der Waals surface area contributed by atoms with E-state index in [9.17, 15) is 4.79 Å². The summed E-state index contributed by atoms with van der Waals surface area (Å²) < 4.78 is 10.9. The monoisotopic (exact) mass is 456 g/mol. The zero-order valence-corrected chi connectivity index (χ0v) is 19.0. The second-order valence-corrected chi connectivity index (χ2v) is 8.92. The van der Waals surface area contributed by atoms with Gasteiger partial charge in [0.1, 0.15) is 17.3 Å². The third kappa shape index (κ3) is 5.11. The smallest absolute Gasteiger partial charge is 0.233 e. The highest BCUT2D eigenvalue weighted by Gasteiger charge is 2.32. The average Bonchev–Trinajstić information content (AvgIpc) is 3.57. The van der Waals surface area contributed by atoms with E-state index in [1.807, 2.05) is 52.8 Å². The predicted octanol–water partition coefficient (Wildman–Crippen LogP) is 4.51. The minimum absolute atomic E-state index is 0.0189. The van der Waals surface area contributed by atoms with Crippen molar-refractivity contribution < 1.29 is 14.3 Å². The van der Waals surface area contributed by atoms with Crippen LogP contribution < -0.4 is 9.47 Å². The number of benzene rings is 1. The standard InChI is InChI=1S/C22H24N4O3S2/c1-28-15-7-9-19(29-2)17(13-15)18-6-3-11-26(18)21(27)14-31-22-23-20(24-25-22)10-8-16-5-4-12-30-16/h4-5,7-10,12-13,18H,3,6,11,14H2,1-2H3,(H,23,24,25)/b10-8+. The van der Waals surface area contributed by atoms with Gasteiger partial charge in [-0.15, -0.1) is 16.4 Å². The highest BCUT2D eigenvalue weighted by Crippen LogP contribution is 2.39. The molecule has 4 rings (SSSR count). The van der Waals surface area contributed by atoms with Gasteiger partial charge in [-0.3, -0.25) is 9.89 Å². The van der Waals surface area contributed by atoms with Crippen LogP contribution in [0.25, 0.3) is 12.2 Å². The molecule has 9 heteroatoms. The number of carbonyl (C=O) groups excluding carboxylic acids is 1. The van der Waals surface area contributed by atoms with Crippen LogP contribution in [0, 0.1) is 0 Å². The number of hydrogen-bond acceptors (Lipinski definition) is 7. The van der Waals surface area contributed by atoms with Crippen molar-refractivity contribution in [3.8, 4) is 11.5 Å². The van der Waals surface area contributed by atoms with Crippen molar-refractivity contribution in [2.75, 3.05) is 26.5 Å². The molecule has 0 saturated carbocycles. The molecule has 1 aliphatic heterocycles. The maximum absolute atomic E-state index is 13.0. The van der Waals surface area contributed by atoms with Gasteiger partial charge >= 0.3 is 0 Å². The zero-order valence-electron chi connectivity index (χ0n) is 17.4. The summed E-state index contributed by atoms with van der Waals surface area (Å²) in [6.45, 7) is 0.729. The minimum Gasteiger partial charge on any atom is -0.497 e. The van der Waals surface area contributed by atoms with Gasteiger partial charge in [-0.25, -0.2) is 4.98 Å². The highest BCUT2D eigenvalue weighted by molar-refractivity contribution is 7.99. The molecule has 1 unspecified atom stereocenters. The van der Waals surface area contributed by atoms with Crippen LogP contribution in [0.5, 0.6) is 11.5 Å². The zero-order chi connectivity index (χ0) is 21.6. The number of hydrogen-bond donors (Lipinski definition) is 1. The molecule has 31 heavy (non-hydrogen) atoms. The van der Waals surface area contributed by atoms with Crippen LogP contribution in [-0.4, -0.2) is 52.5 Å². The van der Waals surface area contributed by atoms with Crippen LogP contribution >= 0.6 is 23.1 Å². The summed E-state index contributed by atoms with van der Waals surface area (Å²) in [5, 5.41) is 9.71. The van der Waals surface area contributed by atoms with E-state index in [4.69, 9.17) is 9.47 Å². The lowest BCUT2D eigenvalue weighted by Gasteiger charge is -2.26. The Morgan fingerprint density at radius 2 is 2.23 bits per heavy atom. The number of likely N-dealkylation sites (tertiary alicyclic amines) is 1. The van der Waals surface area contributed by atoms with Crippen molar-refractivity contribution in [3.63, 3.8) is 0 Å². The molecular formula is C22H24N4O3S2. The predicted molar refractivity (Wildman–Crippen MR) is 124 cm³/mol. The Balaban J connectivity index is 1.40. The van der Waals surface area contributed by atoms with Gasteiger partial charge in [0.15, 0.2) is 0 Å². The van der Waals surface area contributed by atoms with Crippen molar-refractivity contribution in [2.24, 2.45) is 0 Å². The number of aromatic amines is 1. The molecule has 1 saturated heterocycles. The summed E-state index contributed by atoms with van der Waals surface area (Å²) in [6, 6.07) is 9.74. The Kier molecular flexibility index (Phi) is 6.93. The van der Waals surface area contributed by atoms with Crippen LogP contribution in [-0.2, 0) is 4.79 Å². The normalized spacial score (nSPS) is 16.2. The van der Waals surface area contributed by atoms with Crippen molar-refractivity contribution in [1.82, 2.24) is 20.1 Å². The SMILES string of the molecule is COc1ccc(OC)c(C2CCCN2C(=O)CSc2n[nH]c(/C=C/c3cccs3)n2)c1. The molecule has 0 radical (unpaired) electrons. The molecule has 1 amide bonds. The van der Waals surface area contributed by atoms with Crippen LogP contribution in [0.3, 0.4) is 0 Å². The summed E-state index contributed by atoms with van der Waals surface area (Å²) in [5.41, 5.74) is 0.983. The van der Waals surface area contributed by atoms with E-state index >= 15 is 0 Å². The van der Waals surface area contributed by atoms with Gasteiger partial charge in [0.25, 0.3) is 0 Å². The third-order valence-corrected chi connectivity index (χ3v) is 6.79. The molecular weight excluding hydrogens is 432 g/mol. The van der Waals surface area contributed by atoms with Crippen LogP contribution in [0.15, 0.2) is 40.9 Å². The fourth-order valence-corrected chi connectivity index (χ4v) is 4.95. The number of thiophene rings is 1. The summed E-state index contributed by atoms with van der Waals surface area (Å²) in [7, 11) is 3.29. The molecule has 1 N–H and O–H groups in total. The number of amides is 1. The van der Waals surface area contributed by atoms with Gasteiger partial charge in [0.2, 0.25) is 11.1 Å². The van der Waals surface area contributed by atoms with Crippen molar-refractivity contribution in [2.45, 2.75) is 24.0 Å². The maximum atomic E-state index is 13.0. The van der Waals surface area contributed by atoms with Crippen LogP contribution in [0.2, 0.25) is 0 Å². The topological polar surface area (TPSA) is 80.3 Å². The summed E-state index contributed by atoms with van der Waals surface area (Å²) in [6.07, 6.45) is 5.73. The summed E-state index contributed by atoms with van der Waals surface area (Å²) >= 11 is 3.00. The third-order valence-electron chi connectivity index (χ3n) is 5.12. The molecule has 0 aliphatic carbocycles. The summed E-state index contributed by atoms with van der Waals surface area (Å²) in [4.78, 5) is 20.5. The highest BCUT2D eigenvalue weighted by atomic mass is 32.2. The van der Waals surface area contributed by atoms with Gasteiger partial charge in [-0.05, 0) is 54.6 Å². The number of nitrogens with one attached hydrogen (secondary N) is 1. The Morgan fingerprint density at radius 3 is 3.00 bits per heavy atom. The number of thioether (sulfide) groups is 1. The second-order valence-electron chi connectivity index (χ2n) is 6.99. The second kappa shape index (κ2) is 10.0. The van der Waals surface area contributed by atoms with Crippen LogP contribution in [0.4, 0.5) is 0 Å². The quantitative estimate of drug-likeness (QED) is 0.503. The summed E-state index contributed by atoms with van der Waals surface area (Å²) in [5.74, 6) is 2.55. The van der Waals surface area contributed by atoms with E-state index in [1.165, 1.54) is 11.8 Å². The van der Waals surface area contributed by atoms with Gasteiger partial charge in [-0.1, -0.05) is 17.8 Å². The largest absolute Gasteiger partial charge is 0.497 e. The number of rotatable bonds is 8. The van der Waals surface area contributed by atoms with E-state index in [-0.39, 0.29) is 17.7 Å². The van der Waals surface area contributed by atoms with Gasteiger partial charge in [-0.2, -0.15) is 0 Å². The number of carbonyl (C=O) groups is 1. The van der Waals surface area contributed by atoms with Gasteiger partial charge in [0, 0.05) is 17.0 Å². The van der Waals surface area contributed by atoms with E-state index in [1.54, 1.807) is 25.6 Å². The molecule has 162 valence electrons. The molecule has 1 fully saturated rings. The first-order valence-corrected chi connectivity index (χ1v) is 11.8. The fourth-order valence-electron chi connectivity index (χ4n) is 3.64. The first kappa shape index (κ1) is 21.5. The van der Waals surface area contributed by atoms with Crippen LogP contribution in [0.1, 0.15) is 35.1 Å². The number of H-pyrrole nitrogens is 1. The van der Waals surface area contributed by atoms with E-state index in [0.29, 0.717) is 11.0 Å². The van der Waals surface area contributed by atoms with Crippen molar-refractivity contribution in [1.29, 1.82) is 0 Å². The van der Waals surface area contributed by atoms with Gasteiger partial charge in [0.05, 0.1) is 26.0 Å². The first-order chi connectivity index (χ1) is 15.2. The fraction of sp³-hybridized carbons (Fsp3) is 0.318. The lowest BCUT2D eigenvalue weighted by atomic mass is 10.0. The first-order valence-electron chi connectivity index (χ1n) is 9.96. The number of nitrogens with zero attached hydrogens (tertiary/aromatic N) is 3. The average molecular weight is 457 g/mol. The molecule has 1 aromatic carbocycles. The van der Waals surface area contributed by atoms with Crippen molar-refractivity contribution in [3.05, 3.63) is 52.0 Å². The molecule has 0 spiro atoms. The molecule has 7 nitrogen and oxygen atoms in total. The minimum atomic E-state index is -0.0189. The lowest BCUT2D eigenvalue weighted by molar-refractivity contribution is -0.129. The van der Waals surface area contributed by atoms with Gasteiger partial charge < -0.3 is 14.4 Å². The molecule has 1 atom stereocenters. The lowest BCUT2D eigenvalue weighted by Crippen LogP contribution is -2.32. The Morgan fingerprint density at radius 1 is 1.32 bits per heavy atom. The Bertz CT molecular complexity index is 1050. The van der Waals surface area contributed by atoms with Crippen molar-refractivity contribution >= 4 is 41.2 Å². The number of aromatic nitrogens is 3. The molecule has 3 aromatic rings. The maximum Gasteiger partial charge on any atom is 0.233 e. The van der Waals surface area contributed by atoms with E-state index in [0.717, 1.165) is 41.3 Å².